The monoisotopic (exact) mass is 598 g/mol. The van der Waals surface area contributed by atoms with E-state index in [4.69, 9.17) is 0 Å². The van der Waals surface area contributed by atoms with Crippen LogP contribution in [0.4, 0.5) is 0 Å². The minimum absolute atomic E-state index is 0. The molecule has 0 rings (SSSR count). The van der Waals surface area contributed by atoms with Crippen LogP contribution >= 0.6 is 0 Å². The molecule has 0 spiro atoms. The van der Waals surface area contributed by atoms with Crippen LogP contribution in [0.3, 0.4) is 0 Å². The third-order valence-electron chi connectivity index (χ3n) is 8.13. The van der Waals surface area contributed by atoms with Gasteiger partial charge in [-0.2, -0.15) is 0 Å². The van der Waals surface area contributed by atoms with Crippen LogP contribution in [0, 0.1) is 5.92 Å². The van der Waals surface area contributed by atoms with Crippen LogP contribution in [0.1, 0.15) is 200 Å². The molecular weight excluding hydrogens is 532 g/mol. The van der Waals surface area contributed by atoms with E-state index in [2.05, 4.69) is 18.0 Å². The molecule has 0 heterocycles. The maximum absolute atomic E-state index is 10.9. The molecule has 0 aliphatic heterocycles. The summed E-state index contributed by atoms with van der Waals surface area (Å²) < 4.78 is 37.4. The fourth-order valence-corrected chi connectivity index (χ4v) is 5.93. The van der Waals surface area contributed by atoms with Gasteiger partial charge in [0.1, 0.15) is 0 Å². The Balaban J connectivity index is 0. The second kappa shape index (κ2) is 34.0. The first kappa shape index (κ1) is 42.6. The first-order valence-corrected chi connectivity index (χ1v) is 18.4. The number of hydrogen-bond acceptors (Lipinski definition) is 4. The molecule has 0 fully saturated rings. The molecule has 0 radical (unpaired) electrons. The van der Waals surface area contributed by atoms with Gasteiger partial charge in [-0.15, -0.1) is 0 Å². The van der Waals surface area contributed by atoms with Crippen LogP contribution in [0.5, 0.6) is 0 Å². The molecule has 0 saturated carbocycles. The summed E-state index contributed by atoms with van der Waals surface area (Å²) in [5.74, 6) is 0.199. The van der Waals surface area contributed by atoms with Crippen molar-refractivity contribution in [3.8, 4) is 0 Å². The molecular formula is C33H67KO4S. The van der Waals surface area contributed by atoms with E-state index in [0.29, 0.717) is 0 Å². The summed E-state index contributed by atoms with van der Waals surface area (Å²) in [6.45, 7) is 4.60. The molecule has 0 aromatic heterocycles. The van der Waals surface area contributed by atoms with Crippen molar-refractivity contribution in [2.24, 2.45) is 5.92 Å². The smallest absolute Gasteiger partial charge is 0.726 e. The summed E-state index contributed by atoms with van der Waals surface area (Å²) in [5.41, 5.74) is 0. The summed E-state index contributed by atoms with van der Waals surface area (Å²) in [5, 5.41) is 0. The summed E-state index contributed by atoms with van der Waals surface area (Å²) in [4.78, 5) is 0. The van der Waals surface area contributed by atoms with Gasteiger partial charge < -0.3 is 4.55 Å². The number of hydrogen-bond donors (Lipinski definition) is 0. The predicted octanol–water partition coefficient (Wildman–Crippen LogP) is 8.44. The maximum Gasteiger partial charge on any atom is 1.00 e. The third kappa shape index (κ3) is 37.5. The van der Waals surface area contributed by atoms with Crippen molar-refractivity contribution in [1.29, 1.82) is 0 Å². The van der Waals surface area contributed by atoms with Gasteiger partial charge in [-0.05, 0) is 18.8 Å². The summed E-state index contributed by atoms with van der Waals surface area (Å²) in [7, 11) is -4.58. The molecule has 1 unspecified atom stereocenters. The molecule has 0 bridgehead atoms. The van der Waals surface area contributed by atoms with E-state index in [-0.39, 0.29) is 63.9 Å². The van der Waals surface area contributed by atoms with Gasteiger partial charge in [-0.25, -0.2) is 8.42 Å². The zero-order chi connectivity index (χ0) is 28.0. The second-order valence-corrected chi connectivity index (χ2v) is 13.0. The van der Waals surface area contributed by atoms with E-state index in [1.165, 1.54) is 161 Å². The topological polar surface area (TPSA) is 66.4 Å². The quantitative estimate of drug-likeness (QED) is 0.0337. The standard InChI is InChI=1S/C33H68O4S.K/c1-3-5-7-9-11-13-14-15-16-17-18-19-20-21-22-23-25-27-29-31-33(32-37-38(34,35)36)30-28-26-24-12-10-8-6-4-2;/h33H,3-32H2,1-2H3,(H,34,35,36);/q;+1/p-1. The van der Waals surface area contributed by atoms with Crippen molar-refractivity contribution in [2.75, 3.05) is 6.61 Å². The van der Waals surface area contributed by atoms with E-state index >= 15 is 0 Å². The molecule has 0 aromatic carbocycles. The Hall–Kier alpha value is 1.51. The molecule has 0 aromatic rings. The van der Waals surface area contributed by atoms with Gasteiger partial charge in [0.15, 0.2) is 0 Å². The van der Waals surface area contributed by atoms with E-state index in [1.807, 2.05) is 0 Å². The van der Waals surface area contributed by atoms with Gasteiger partial charge in [0.25, 0.3) is 0 Å². The van der Waals surface area contributed by atoms with Crippen molar-refractivity contribution < 1.29 is 68.5 Å². The summed E-state index contributed by atoms with van der Waals surface area (Å²) in [6.07, 6.45) is 38.2. The number of unbranched alkanes of at least 4 members (excludes halogenated alkanes) is 25. The second-order valence-electron chi connectivity index (χ2n) is 12.0. The predicted molar refractivity (Wildman–Crippen MR) is 164 cm³/mol. The van der Waals surface area contributed by atoms with Crippen molar-refractivity contribution >= 4 is 10.4 Å². The van der Waals surface area contributed by atoms with Gasteiger partial charge in [-0.3, -0.25) is 4.18 Å². The SMILES string of the molecule is CCCCCCCCCCCCCCCCCCCCCC(CCCCCCCCCC)COS(=O)(=O)[O-].[K+]. The van der Waals surface area contributed by atoms with E-state index < -0.39 is 10.4 Å². The minimum Gasteiger partial charge on any atom is -0.726 e. The van der Waals surface area contributed by atoms with Gasteiger partial charge in [0.05, 0.1) is 6.61 Å². The normalized spacial score (nSPS) is 12.5. The van der Waals surface area contributed by atoms with Gasteiger partial charge in [-0.1, -0.05) is 187 Å². The summed E-state index contributed by atoms with van der Waals surface area (Å²) >= 11 is 0. The molecule has 230 valence electrons. The molecule has 0 aliphatic rings. The van der Waals surface area contributed by atoms with Crippen LogP contribution in [0.15, 0.2) is 0 Å². The van der Waals surface area contributed by atoms with Crippen LogP contribution in [-0.2, 0) is 14.6 Å². The van der Waals surface area contributed by atoms with Crippen LogP contribution in [0.2, 0.25) is 0 Å². The number of rotatable bonds is 32. The Kier molecular flexibility index (Phi) is 37.2. The summed E-state index contributed by atoms with van der Waals surface area (Å²) in [6, 6.07) is 0. The van der Waals surface area contributed by atoms with Gasteiger partial charge >= 0.3 is 51.4 Å². The Labute approximate surface area is 288 Å². The largest absolute Gasteiger partial charge is 1.00 e. The molecule has 6 heteroatoms. The van der Waals surface area contributed by atoms with E-state index in [9.17, 15) is 13.0 Å². The van der Waals surface area contributed by atoms with Crippen molar-refractivity contribution in [1.82, 2.24) is 0 Å². The van der Waals surface area contributed by atoms with Crippen molar-refractivity contribution in [2.45, 2.75) is 200 Å². The van der Waals surface area contributed by atoms with Crippen LogP contribution < -0.4 is 51.4 Å². The average molecular weight is 599 g/mol. The maximum atomic E-state index is 10.9. The molecule has 1 atom stereocenters. The first-order valence-electron chi connectivity index (χ1n) is 17.1. The zero-order valence-electron chi connectivity index (χ0n) is 26.8. The van der Waals surface area contributed by atoms with Gasteiger partial charge in [0, 0.05) is 0 Å². The Bertz CT molecular complexity index is 556. The Morgan fingerprint density at radius 1 is 0.462 bits per heavy atom. The third-order valence-corrected chi connectivity index (χ3v) is 8.55. The minimum atomic E-state index is -4.58. The first-order chi connectivity index (χ1) is 18.5. The van der Waals surface area contributed by atoms with Crippen LogP contribution in [-0.4, -0.2) is 19.6 Å². The average Bonchev–Trinajstić information content (AvgIpc) is 2.89. The molecule has 0 N–H and O–H groups in total. The van der Waals surface area contributed by atoms with Gasteiger partial charge in [0.2, 0.25) is 10.4 Å². The molecule has 0 amide bonds. The fraction of sp³-hybridized carbons (Fsp3) is 1.00. The van der Waals surface area contributed by atoms with Crippen molar-refractivity contribution in [3.05, 3.63) is 0 Å². The van der Waals surface area contributed by atoms with Crippen LogP contribution in [0.25, 0.3) is 0 Å². The Morgan fingerprint density at radius 2 is 0.692 bits per heavy atom. The van der Waals surface area contributed by atoms with Crippen molar-refractivity contribution in [3.63, 3.8) is 0 Å². The molecule has 0 saturated heterocycles. The molecule has 4 nitrogen and oxygen atoms in total. The zero-order valence-corrected chi connectivity index (χ0v) is 30.8. The Morgan fingerprint density at radius 3 is 0.923 bits per heavy atom. The van der Waals surface area contributed by atoms with E-state index in [1.54, 1.807) is 0 Å². The molecule has 39 heavy (non-hydrogen) atoms. The van der Waals surface area contributed by atoms with E-state index in [0.717, 1.165) is 25.7 Å². The molecule has 0 aliphatic carbocycles. The fourth-order valence-electron chi connectivity index (χ4n) is 5.57.